The molecule has 0 unspecified atom stereocenters. The van der Waals surface area contributed by atoms with E-state index in [1.807, 2.05) is 0 Å². The Morgan fingerprint density at radius 1 is 0.402 bits per heavy atom. The van der Waals surface area contributed by atoms with Crippen LogP contribution in [0.1, 0.15) is 15.8 Å². The van der Waals surface area contributed by atoms with Crippen molar-refractivity contribution >= 4 is 21.9 Å². The molecule has 0 bridgehead atoms. The molecular weight excluding hydrogens is 1260 g/mol. The van der Waals surface area contributed by atoms with E-state index < -0.39 is 257 Å². The fourth-order valence-corrected chi connectivity index (χ4v) is 10.3. The van der Waals surface area contributed by atoms with Crippen molar-refractivity contribution in [3.05, 3.63) is 69.0 Å². The van der Waals surface area contributed by atoms with Crippen molar-refractivity contribution in [2.75, 3.05) is 26.4 Å². The quantitative estimate of drug-likeness (QED) is 0.0356. The summed E-state index contributed by atoms with van der Waals surface area (Å²) in [5, 5.41) is 233. The molecule has 0 saturated carbocycles. The predicted molar refractivity (Wildman–Crippen MR) is 298 cm³/mol. The molecule has 20 atom stereocenters. The number of fused-ring (bicyclic) bond motifs is 2. The largest absolute Gasteiger partial charge is 1.00 e. The van der Waals surface area contributed by atoms with E-state index in [0.717, 1.165) is 48.5 Å². The maximum Gasteiger partial charge on any atom is 1.00 e. The summed E-state index contributed by atoms with van der Waals surface area (Å²) in [6.07, 6.45) is -32.5. The van der Waals surface area contributed by atoms with Gasteiger partial charge in [-0.3, -0.25) is 9.59 Å². The molecule has 4 aliphatic rings. The number of rotatable bonds is 14. The number of aromatic hydroxyl groups is 10. The van der Waals surface area contributed by atoms with Crippen LogP contribution in [0, 0.1) is 5.92 Å². The summed E-state index contributed by atoms with van der Waals surface area (Å²) in [5.41, 5.74) is -3.53. The Balaban J connectivity index is 0.000000286. The van der Waals surface area contributed by atoms with Gasteiger partial charge in [-0.15, -0.1) is 0 Å². The van der Waals surface area contributed by atoms with Crippen molar-refractivity contribution in [1.82, 2.24) is 0 Å². The Kier molecular flexibility index (Phi) is 23.0. The second-order valence-corrected chi connectivity index (χ2v) is 21.2. The van der Waals surface area contributed by atoms with Gasteiger partial charge < -0.3 is 166 Å². The first-order chi connectivity index (χ1) is 42.5. The number of hydrogen-bond acceptors (Lipinski definition) is 35. The third kappa shape index (κ3) is 13.9. The van der Waals surface area contributed by atoms with Crippen LogP contribution in [0.2, 0.25) is 0 Å². The fourth-order valence-electron chi connectivity index (χ4n) is 10.3. The van der Waals surface area contributed by atoms with E-state index in [9.17, 15) is 127 Å². The molecule has 4 aliphatic heterocycles. The predicted octanol–water partition coefficient (Wildman–Crippen LogP) is -6.99. The van der Waals surface area contributed by atoms with Crippen LogP contribution in [0.5, 0.6) is 69.0 Å². The van der Waals surface area contributed by atoms with E-state index in [4.69, 9.17) is 46.7 Å². The zero-order chi connectivity index (χ0) is 65.8. The number of ether oxygens (including phenoxy) is 8. The van der Waals surface area contributed by atoms with Crippen molar-refractivity contribution in [3.8, 4) is 91.6 Å². The van der Waals surface area contributed by atoms with Crippen LogP contribution in [-0.4, -0.2) is 261 Å². The molecule has 0 spiro atoms. The Morgan fingerprint density at radius 3 is 1.09 bits per heavy atom. The molecule has 0 radical (unpaired) electrons. The molecule has 4 saturated heterocycles. The number of aliphatic hydroxyl groups excluding tert-OH is 13. The zero-order valence-electron chi connectivity index (χ0n) is 48.2. The molecule has 35 nitrogen and oxygen atoms in total. The molecular formula is C56H67NaO35. The summed E-state index contributed by atoms with van der Waals surface area (Å²) >= 11 is 0. The number of phenols is 10. The maximum absolute atomic E-state index is 13.6. The van der Waals surface area contributed by atoms with E-state index in [-0.39, 0.29) is 55.1 Å². The van der Waals surface area contributed by atoms with Gasteiger partial charge >= 0.3 is 29.6 Å². The molecule has 36 heteroatoms. The first kappa shape index (κ1) is 72.6. The van der Waals surface area contributed by atoms with Gasteiger partial charge in [-0.05, 0) is 24.3 Å². The van der Waals surface area contributed by atoms with Crippen LogP contribution in [0.3, 0.4) is 0 Å². The van der Waals surface area contributed by atoms with Gasteiger partial charge in [-0.25, -0.2) is 0 Å². The monoisotopic (exact) mass is 1320 g/mol. The van der Waals surface area contributed by atoms with E-state index in [1.54, 1.807) is 0 Å². The van der Waals surface area contributed by atoms with Gasteiger partial charge in [0.2, 0.25) is 34.9 Å². The molecule has 10 rings (SSSR count). The standard InChI is InChI=1S/C28H32O17.C27H30O18.CH4.Na.H/c1-8-18(35)15(6-29)42-27(19(8)36)44-25-16(7-30)43-28(23(40)22(25)39)45-26-21(38)17-11(32)4-10(31)5-14(17)41-24(26)9-2-12(33)20(37)13(34)3-9;28-5-13-17(35)19(37)21(39)26(42-13)44-24-14(6-29)43-27(22(40)20(24)38)45-25-18(36)15-9(31)3-8(30)4-12(15)41-23(25)7-1-10(32)16(34)11(33)2-7;;;/h2-5,8,15-16,18-19,22-23,25,27-37,39-40H,6-7H2,1H3;1-4,13-14,17,19-22,24,26-35,37-40H,5-6H2;1H4;;/q;;;+1;-1/t8-,15+,16+,18+,19+,22+,23+,25+,27-,28-;13-,14-,17+,19+,20-,21-,22-,24-,26+,27+;;;/m01.../s1. The van der Waals surface area contributed by atoms with Crippen LogP contribution >= 0.6 is 0 Å². The molecule has 4 aromatic carbocycles. The van der Waals surface area contributed by atoms with Gasteiger partial charge in [0, 0.05) is 41.3 Å². The van der Waals surface area contributed by atoms with Crippen LogP contribution in [0.25, 0.3) is 44.6 Å². The van der Waals surface area contributed by atoms with Crippen molar-refractivity contribution in [2.45, 2.75) is 131 Å². The van der Waals surface area contributed by atoms with E-state index in [2.05, 4.69) is 0 Å². The van der Waals surface area contributed by atoms with Gasteiger partial charge in [0.1, 0.15) is 130 Å². The van der Waals surface area contributed by atoms with Gasteiger partial charge in [0.25, 0.3) is 0 Å². The molecule has 0 amide bonds. The summed E-state index contributed by atoms with van der Waals surface area (Å²) in [6, 6.07) is 7.09. The van der Waals surface area contributed by atoms with Crippen LogP contribution in [0.15, 0.2) is 67.0 Å². The second kappa shape index (κ2) is 29.2. The minimum Gasteiger partial charge on any atom is -1.00 e. The average molecular weight is 1320 g/mol. The number of aliphatic hydroxyl groups is 13. The maximum atomic E-state index is 13.6. The van der Waals surface area contributed by atoms with Crippen molar-refractivity contribution < 1.29 is 195 Å². The van der Waals surface area contributed by atoms with E-state index in [0.29, 0.717) is 0 Å². The first-order valence-corrected chi connectivity index (χ1v) is 26.9. The van der Waals surface area contributed by atoms with Gasteiger partial charge in [-0.2, -0.15) is 0 Å². The minimum atomic E-state index is -2.10. The first-order valence-electron chi connectivity index (χ1n) is 26.9. The van der Waals surface area contributed by atoms with Gasteiger partial charge in [0.15, 0.2) is 58.6 Å². The van der Waals surface area contributed by atoms with Crippen LogP contribution in [0.4, 0.5) is 0 Å². The Bertz CT molecular complexity index is 3410. The average Bonchev–Trinajstić information content (AvgIpc) is 0.778. The Hall–Kier alpha value is -6.86. The second-order valence-electron chi connectivity index (χ2n) is 21.2. The van der Waals surface area contributed by atoms with Crippen LogP contribution < -0.4 is 49.9 Å². The summed E-state index contributed by atoms with van der Waals surface area (Å²) < 4.78 is 55.7. The minimum absolute atomic E-state index is 0. The third-order valence-corrected chi connectivity index (χ3v) is 15.3. The summed E-state index contributed by atoms with van der Waals surface area (Å²) in [7, 11) is 0. The van der Waals surface area contributed by atoms with E-state index in [1.165, 1.54) is 6.92 Å². The Labute approximate surface area is 538 Å². The topological polar surface area (TPSA) is 600 Å². The molecule has 6 aromatic rings. The summed E-state index contributed by atoms with van der Waals surface area (Å²) in [4.78, 5) is 27.2. The molecule has 0 aliphatic carbocycles. The fraction of sp³-hybridized carbons (Fsp3) is 0.464. The normalized spacial score (nSPS) is 31.4. The van der Waals surface area contributed by atoms with Gasteiger partial charge in [-0.1, -0.05) is 14.4 Å². The smallest absolute Gasteiger partial charge is 1.00 e. The summed E-state index contributed by atoms with van der Waals surface area (Å²) in [5.74, 6) is -11.3. The molecule has 4 fully saturated rings. The van der Waals surface area contributed by atoms with E-state index >= 15 is 0 Å². The molecule has 6 heterocycles. The van der Waals surface area contributed by atoms with Crippen molar-refractivity contribution in [1.29, 1.82) is 0 Å². The van der Waals surface area contributed by atoms with Crippen LogP contribution in [-0.2, 0) is 28.4 Å². The molecule has 23 N–H and O–H groups in total. The number of phenolic OH excluding ortho intramolecular Hbond substituents is 10. The molecule has 502 valence electrons. The Morgan fingerprint density at radius 2 is 0.728 bits per heavy atom. The zero-order valence-corrected chi connectivity index (χ0v) is 49.2. The number of benzene rings is 4. The third-order valence-electron chi connectivity index (χ3n) is 15.3. The molecule has 2 aromatic heterocycles. The van der Waals surface area contributed by atoms with Gasteiger partial charge in [0.05, 0.1) is 32.5 Å². The number of hydrogen-bond donors (Lipinski definition) is 23. The van der Waals surface area contributed by atoms with Crippen molar-refractivity contribution in [2.24, 2.45) is 5.92 Å². The summed E-state index contributed by atoms with van der Waals surface area (Å²) in [6.45, 7) is -1.75. The SMILES string of the molecule is C.C[C@H]1[C@@H](O)[C@@H](CO)O[C@@H](O[C@H]2[C@H](O)[C@@H](O)[C@H](Oc3c(-c4cc(O)c(O)c(O)c4)oc4cc(O)cc(O)c4c3=O)O[C@@H]2CO)[C@@H]1O.O=c1c(O[C@@H]2O[C@H](CO)[C@@H](O[C@@H]3O[C@H](CO)[C@H](O)[C@H](O)[C@H]3O)[C@H](O)[C@H]2O)c(-c2cc(O)c(O)c(O)c2)oc2cc(O)cc(O)c12.[H-].[Na+]. The molecule has 92 heavy (non-hydrogen) atoms. The van der Waals surface area contributed by atoms with Crippen molar-refractivity contribution in [3.63, 3.8) is 0 Å².